The average molecular weight is 270 g/mol. The Hall–Kier alpha value is -1.63. The number of pyridine rings is 1. The quantitative estimate of drug-likeness (QED) is 0.803. The van der Waals surface area contributed by atoms with Gasteiger partial charge in [-0.05, 0) is 18.6 Å². The van der Waals surface area contributed by atoms with Crippen LogP contribution >= 0.6 is 0 Å². The Balaban J connectivity index is 2.08. The Morgan fingerprint density at radius 1 is 1.56 bits per heavy atom. The van der Waals surface area contributed by atoms with Gasteiger partial charge in [-0.2, -0.15) is 0 Å². The van der Waals surface area contributed by atoms with Crippen molar-refractivity contribution in [1.82, 2.24) is 4.98 Å². The molecule has 1 atom stereocenters. The van der Waals surface area contributed by atoms with Crippen molar-refractivity contribution >= 4 is 21.5 Å². The van der Waals surface area contributed by atoms with Crippen LogP contribution in [0.1, 0.15) is 16.9 Å². The maximum atomic E-state index is 11.3. The van der Waals surface area contributed by atoms with Crippen LogP contribution in [0.15, 0.2) is 18.3 Å². The zero-order valence-electron chi connectivity index (χ0n) is 9.92. The van der Waals surface area contributed by atoms with Gasteiger partial charge in [0.05, 0.1) is 18.6 Å². The number of anilines is 1. The Labute approximate surface area is 105 Å². The van der Waals surface area contributed by atoms with Crippen LogP contribution in [0.3, 0.4) is 0 Å². The number of hydrogen-bond donors (Lipinski definition) is 1. The predicted octanol–water partition coefficient (Wildman–Crippen LogP) is 0.467. The van der Waals surface area contributed by atoms with Gasteiger partial charge in [0.2, 0.25) is 0 Å². The molecule has 6 nitrogen and oxygen atoms in total. The summed E-state index contributed by atoms with van der Waals surface area (Å²) in [5.74, 6) is -0.180. The van der Waals surface area contributed by atoms with Gasteiger partial charge in [0, 0.05) is 17.9 Å². The van der Waals surface area contributed by atoms with Crippen LogP contribution in [-0.2, 0) is 14.6 Å². The van der Waals surface area contributed by atoms with Crippen LogP contribution in [0.5, 0.6) is 0 Å². The third kappa shape index (κ3) is 2.98. The van der Waals surface area contributed by atoms with Gasteiger partial charge in [0.15, 0.2) is 9.84 Å². The summed E-state index contributed by atoms with van der Waals surface area (Å²) < 4.78 is 27.2. The maximum absolute atomic E-state index is 11.3. The minimum absolute atomic E-state index is 0.108. The standard InChI is InChI=1S/C11H14N2O4S/c1-17-11(14)10-6-8(2-4-12-10)13-9-3-5-18(15,16)7-9/h2,4,6,9H,3,5,7H2,1H3,(H,12,13). The number of carbonyl (C=O) groups excluding carboxylic acids is 1. The molecule has 1 unspecified atom stereocenters. The van der Waals surface area contributed by atoms with Gasteiger partial charge >= 0.3 is 5.97 Å². The molecule has 0 bridgehead atoms. The highest BCUT2D eigenvalue weighted by molar-refractivity contribution is 7.91. The van der Waals surface area contributed by atoms with Gasteiger partial charge in [-0.25, -0.2) is 18.2 Å². The molecule has 18 heavy (non-hydrogen) atoms. The largest absolute Gasteiger partial charge is 0.464 e. The molecule has 0 radical (unpaired) electrons. The van der Waals surface area contributed by atoms with Crippen LogP contribution in [0.4, 0.5) is 5.69 Å². The molecule has 1 aliphatic heterocycles. The van der Waals surface area contributed by atoms with E-state index < -0.39 is 15.8 Å². The lowest BCUT2D eigenvalue weighted by Crippen LogP contribution is -2.20. The van der Waals surface area contributed by atoms with E-state index >= 15 is 0 Å². The van der Waals surface area contributed by atoms with Crippen molar-refractivity contribution in [2.45, 2.75) is 12.5 Å². The van der Waals surface area contributed by atoms with Crippen molar-refractivity contribution in [3.63, 3.8) is 0 Å². The summed E-state index contributed by atoms with van der Waals surface area (Å²) >= 11 is 0. The van der Waals surface area contributed by atoms with Gasteiger partial charge in [0.1, 0.15) is 5.69 Å². The smallest absolute Gasteiger partial charge is 0.356 e. The molecule has 0 aromatic carbocycles. The zero-order chi connectivity index (χ0) is 13.2. The Kier molecular flexibility index (Phi) is 3.51. The van der Waals surface area contributed by atoms with Gasteiger partial charge in [0.25, 0.3) is 0 Å². The fourth-order valence-corrected chi connectivity index (χ4v) is 3.55. The van der Waals surface area contributed by atoms with Gasteiger partial charge in [-0.15, -0.1) is 0 Å². The van der Waals surface area contributed by atoms with Gasteiger partial charge in [-0.1, -0.05) is 0 Å². The van der Waals surface area contributed by atoms with Crippen molar-refractivity contribution in [3.05, 3.63) is 24.0 Å². The second-order valence-electron chi connectivity index (χ2n) is 4.17. The van der Waals surface area contributed by atoms with Crippen LogP contribution in [-0.4, -0.2) is 44.0 Å². The topological polar surface area (TPSA) is 85.4 Å². The fourth-order valence-electron chi connectivity index (χ4n) is 1.88. The molecule has 1 aliphatic rings. The summed E-state index contributed by atoms with van der Waals surface area (Å²) in [4.78, 5) is 15.2. The summed E-state index contributed by atoms with van der Waals surface area (Å²) in [6.07, 6.45) is 2.07. The number of carbonyl (C=O) groups is 1. The number of ether oxygens (including phenoxy) is 1. The van der Waals surface area contributed by atoms with E-state index in [1.54, 1.807) is 12.1 Å². The van der Waals surface area contributed by atoms with E-state index in [1.807, 2.05) is 0 Å². The number of esters is 1. The Morgan fingerprint density at radius 2 is 2.33 bits per heavy atom. The van der Waals surface area contributed by atoms with E-state index in [4.69, 9.17) is 0 Å². The first kappa shape index (κ1) is 12.8. The van der Waals surface area contributed by atoms with Crippen LogP contribution in [0.2, 0.25) is 0 Å². The first-order chi connectivity index (χ1) is 8.50. The summed E-state index contributed by atoms with van der Waals surface area (Å²) in [6, 6.07) is 3.14. The van der Waals surface area contributed by atoms with E-state index in [2.05, 4.69) is 15.0 Å². The van der Waals surface area contributed by atoms with E-state index in [0.29, 0.717) is 12.1 Å². The lowest BCUT2D eigenvalue weighted by atomic mass is 10.2. The molecule has 0 spiro atoms. The van der Waals surface area contributed by atoms with Crippen LogP contribution in [0.25, 0.3) is 0 Å². The molecule has 1 aromatic rings. The normalized spacial score (nSPS) is 21.5. The second kappa shape index (κ2) is 4.93. The molecule has 1 fully saturated rings. The Morgan fingerprint density at radius 3 is 2.94 bits per heavy atom. The Bertz CT molecular complexity index is 556. The molecule has 1 saturated heterocycles. The molecule has 0 amide bonds. The van der Waals surface area contributed by atoms with E-state index in [0.717, 1.165) is 0 Å². The fraction of sp³-hybridized carbons (Fsp3) is 0.455. The van der Waals surface area contributed by atoms with Crippen molar-refractivity contribution in [2.75, 3.05) is 23.9 Å². The van der Waals surface area contributed by atoms with Gasteiger partial charge in [-0.3, -0.25) is 0 Å². The van der Waals surface area contributed by atoms with E-state index in [-0.39, 0.29) is 23.2 Å². The first-order valence-electron chi connectivity index (χ1n) is 5.51. The van der Waals surface area contributed by atoms with E-state index in [1.165, 1.54) is 13.3 Å². The molecule has 1 aromatic heterocycles. The average Bonchev–Trinajstić information content (AvgIpc) is 2.68. The van der Waals surface area contributed by atoms with Crippen molar-refractivity contribution in [2.24, 2.45) is 0 Å². The number of hydrogen-bond acceptors (Lipinski definition) is 6. The molecule has 98 valence electrons. The molecular weight excluding hydrogens is 256 g/mol. The molecule has 2 rings (SSSR count). The third-order valence-corrected chi connectivity index (χ3v) is 4.53. The predicted molar refractivity (Wildman–Crippen MR) is 66.3 cm³/mol. The molecule has 0 saturated carbocycles. The van der Waals surface area contributed by atoms with Crippen LogP contribution in [0, 0.1) is 0 Å². The first-order valence-corrected chi connectivity index (χ1v) is 7.33. The highest BCUT2D eigenvalue weighted by atomic mass is 32.2. The van der Waals surface area contributed by atoms with Crippen LogP contribution < -0.4 is 5.32 Å². The number of aromatic nitrogens is 1. The third-order valence-electron chi connectivity index (χ3n) is 2.76. The molecule has 1 N–H and O–H groups in total. The van der Waals surface area contributed by atoms with Crippen molar-refractivity contribution < 1.29 is 17.9 Å². The SMILES string of the molecule is COC(=O)c1cc(NC2CCS(=O)(=O)C2)ccn1. The number of nitrogens with one attached hydrogen (secondary N) is 1. The summed E-state index contributed by atoms with van der Waals surface area (Å²) in [6.45, 7) is 0. The molecule has 7 heteroatoms. The lowest BCUT2D eigenvalue weighted by Gasteiger charge is -2.12. The number of methoxy groups -OCH3 is 1. The molecule has 2 heterocycles. The maximum Gasteiger partial charge on any atom is 0.356 e. The summed E-state index contributed by atoms with van der Waals surface area (Å²) in [5.41, 5.74) is 0.871. The number of nitrogens with zero attached hydrogens (tertiary/aromatic N) is 1. The van der Waals surface area contributed by atoms with Gasteiger partial charge < -0.3 is 10.1 Å². The van der Waals surface area contributed by atoms with Crippen molar-refractivity contribution in [1.29, 1.82) is 0 Å². The lowest BCUT2D eigenvalue weighted by molar-refractivity contribution is 0.0594. The minimum atomic E-state index is -2.92. The zero-order valence-corrected chi connectivity index (χ0v) is 10.7. The van der Waals surface area contributed by atoms with Crippen molar-refractivity contribution in [3.8, 4) is 0 Å². The molecule has 0 aliphatic carbocycles. The highest BCUT2D eigenvalue weighted by Gasteiger charge is 2.27. The minimum Gasteiger partial charge on any atom is -0.464 e. The summed E-state index contributed by atoms with van der Waals surface area (Å²) in [5, 5.41) is 3.09. The molecular formula is C11H14N2O4S. The number of rotatable bonds is 3. The van der Waals surface area contributed by atoms with E-state index in [9.17, 15) is 13.2 Å². The monoisotopic (exact) mass is 270 g/mol. The second-order valence-corrected chi connectivity index (χ2v) is 6.39. The number of sulfone groups is 1. The summed E-state index contributed by atoms with van der Waals surface area (Å²) in [7, 11) is -1.63. The highest BCUT2D eigenvalue weighted by Crippen LogP contribution is 2.17.